The van der Waals surface area contributed by atoms with E-state index in [-0.39, 0.29) is 23.5 Å². The third-order valence-corrected chi connectivity index (χ3v) is 5.96. The molecule has 0 amide bonds. The number of hydrogen-bond acceptors (Lipinski definition) is 7. The maximum Gasteiger partial charge on any atom is 0.332 e. The van der Waals surface area contributed by atoms with E-state index < -0.39 is 24.0 Å². The molecule has 0 spiro atoms. The van der Waals surface area contributed by atoms with Gasteiger partial charge < -0.3 is 19.7 Å². The molecule has 3 aromatic rings. The molecule has 1 fully saturated rings. The van der Waals surface area contributed by atoms with Crippen molar-refractivity contribution in [2.45, 2.75) is 19.2 Å². The van der Waals surface area contributed by atoms with Crippen LogP contribution in [0.5, 0.6) is 0 Å². The Morgan fingerprint density at radius 3 is 2.44 bits per heavy atom. The van der Waals surface area contributed by atoms with Crippen molar-refractivity contribution in [1.82, 2.24) is 23.6 Å². The minimum absolute atomic E-state index is 0.0228. The van der Waals surface area contributed by atoms with Crippen molar-refractivity contribution in [2.24, 2.45) is 14.1 Å². The second kappa shape index (κ2) is 8.85. The molecule has 11 heteroatoms. The number of benzene rings is 1. The summed E-state index contributed by atoms with van der Waals surface area (Å²) in [4.78, 5) is 33.8. The zero-order valence-electron chi connectivity index (χ0n) is 18.1. The number of imidazole rings is 1. The molecule has 1 unspecified atom stereocenters. The number of nitrogens with zero attached hydrogens (tertiary/aromatic N) is 6. The number of fused-ring (bicyclic) bond motifs is 1. The molecular weight excluding hydrogens is 419 g/mol. The number of anilines is 1. The van der Waals surface area contributed by atoms with Crippen molar-refractivity contribution in [1.29, 1.82) is 0 Å². The van der Waals surface area contributed by atoms with Crippen LogP contribution in [0.3, 0.4) is 0 Å². The van der Waals surface area contributed by atoms with Crippen LogP contribution in [0.25, 0.3) is 11.2 Å². The lowest BCUT2D eigenvalue weighted by Crippen LogP contribution is -2.46. The van der Waals surface area contributed by atoms with Gasteiger partial charge in [-0.3, -0.25) is 18.8 Å². The minimum atomic E-state index is -1.08. The molecule has 0 aliphatic carbocycles. The van der Waals surface area contributed by atoms with Crippen LogP contribution in [-0.2, 0) is 27.2 Å². The first kappa shape index (κ1) is 22.2. The summed E-state index contributed by atoms with van der Waals surface area (Å²) in [6.45, 7) is 2.45. The van der Waals surface area contributed by atoms with E-state index in [9.17, 15) is 24.2 Å². The first-order valence-electron chi connectivity index (χ1n) is 10.5. The maximum atomic E-state index is 14.1. The fourth-order valence-electron chi connectivity index (χ4n) is 4.13. The van der Waals surface area contributed by atoms with Gasteiger partial charge in [0.2, 0.25) is 0 Å². The smallest absolute Gasteiger partial charge is 0.332 e. The molecule has 172 valence electrons. The van der Waals surface area contributed by atoms with E-state index in [2.05, 4.69) is 9.88 Å². The Labute approximate surface area is 183 Å². The average Bonchev–Trinajstić information content (AvgIpc) is 3.15. The van der Waals surface area contributed by atoms with Crippen LogP contribution >= 0.6 is 0 Å². The Bertz CT molecular complexity index is 1240. The number of aliphatic hydroxyl groups is 2. The van der Waals surface area contributed by atoms with Crippen LogP contribution < -0.4 is 16.1 Å². The molecule has 32 heavy (non-hydrogen) atoms. The van der Waals surface area contributed by atoms with Crippen LogP contribution in [0.1, 0.15) is 5.82 Å². The van der Waals surface area contributed by atoms with Gasteiger partial charge in [-0.15, -0.1) is 0 Å². The molecule has 1 aliphatic heterocycles. The topological polar surface area (TPSA) is 109 Å². The number of hydrogen-bond donors (Lipinski definition) is 2. The van der Waals surface area contributed by atoms with Crippen molar-refractivity contribution in [3.05, 3.63) is 56.7 Å². The summed E-state index contributed by atoms with van der Waals surface area (Å²) in [5, 5.41) is 19.4. The number of piperazine rings is 1. The van der Waals surface area contributed by atoms with E-state index in [4.69, 9.17) is 0 Å². The lowest BCUT2D eigenvalue weighted by Gasteiger charge is -2.36. The molecule has 0 saturated carbocycles. The van der Waals surface area contributed by atoms with Crippen LogP contribution in [0, 0.1) is 5.82 Å². The predicted molar refractivity (Wildman–Crippen MR) is 117 cm³/mol. The molecule has 2 N–H and O–H groups in total. The predicted octanol–water partition coefficient (Wildman–Crippen LogP) is -0.752. The van der Waals surface area contributed by atoms with Crippen LogP contribution in [0.2, 0.25) is 0 Å². The summed E-state index contributed by atoms with van der Waals surface area (Å²) >= 11 is 0. The average molecular weight is 446 g/mol. The summed E-state index contributed by atoms with van der Waals surface area (Å²) in [5.41, 5.74) is 0.0329. The summed E-state index contributed by atoms with van der Waals surface area (Å²) in [5.74, 6) is 0.266. The van der Waals surface area contributed by atoms with E-state index >= 15 is 0 Å². The Balaban J connectivity index is 1.63. The van der Waals surface area contributed by atoms with Crippen molar-refractivity contribution in [3.63, 3.8) is 0 Å². The zero-order chi connectivity index (χ0) is 23.0. The molecule has 1 saturated heterocycles. The summed E-state index contributed by atoms with van der Waals surface area (Å²) in [6.07, 6.45) is -1.08. The van der Waals surface area contributed by atoms with E-state index in [1.54, 1.807) is 23.7 Å². The Hall–Kier alpha value is -3.02. The van der Waals surface area contributed by atoms with Crippen molar-refractivity contribution in [3.8, 4) is 0 Å². The molecule has 10 nitrogen and oxygen atoms in total. The van der Waals surface area contributed by atoms with Crippen molar-refractivity contribution < 1.29 is 14.6 Å². The fourth-order valence-corrected chi connectivity index (χ4v) is 4.13. The van der Waals surface area contributed by atoms with Gasteiger partial charge in [-0.25, -0.2) is 14.2 Å². The Morgan fingerprint density at radius 2 is 1.78 bits per heavy atom. The second-order valence-electron chi connectivity index (χ2n) is 8.07. The fraction of sp³-hybridized carbons (Fsp3) is 0.476. The first-order valence-corrected chi connectivity index (χ1v) is 10.5. The van der Waals surface area contributed by atoms with Crippen LogP contribution in [-0.4, -0.2) is 72.7 Å². The highest BCUT2D eigenvalue weighted by Crippen LogP contribution is 2.21. The summed E-state index contributed by atoms with van der Waals surface area (Å²) in [7, 11) is 2.94. The molecular formula is C21H27FN6O4. The van der Waals surface area contributed by atoms with Crippen LogP contribution in [0.15, 0.2) is 33.9 Å². The highest BCUT2D eigenvalue weighted by molar-refractivity contribution is 5.71. The summed E-state index contributed by atoms with van der Waals surface area (Å²) in [6, 6.07) is 6.68. The third-order valence-electron chi connectivity index (χ3n) is 5.96. The molecule has 1 atom stereocenters. The van der Waals surface area contributed by atoms with Gasteiger partial charge in [-0.2, -0.15) is 0 Å². The highest BCUT2D eigenvalue weighted by atomic mass is 19.1. The number of rotatable bonds is 6. The molecule has 0 radical (unpaired) electrons. The molecule has 1 aliphatic rings. The van der Waals surface area contributed by atoms with Crippen molar-refractivity contribution >= 4 is 16.9 Å². The van der Waals surface area contributed by atoms with Gasteiger partial charge in [-0.1, -0.05) is 12.1 Å². The molecule has 2 aromatic heterocycles. The van der Waals surface area contributed by atoms with Gasteiger partial charge in [-0.05, 0) is 12.1 Å². The molecule has 4 rings (SSSR count). The summed E-state index contributed by atoms with van der Waals surface area (Å²) < 4.78 is 18.0. The standard InChI is InChI=1S/C21H27FN6O4/c1-24-19-18(20(31)25(2)21(24)32)28(11-14(30)13-29)17(23-19)12-26-7-9-27(10-8-26)16-6-4-3-5-15(16)22/h3-6,14,29-30H,7-13H2,1-2H3. The van der Waals surface area contributed by atoms with Crippen molar-refractivity contribution in [2.75, 3.05) is 37.7 Å². The van der Waals surface area contributed by atoms with E-state index in [0.717, 1.165) is 4.57 Å². The minimum Gasteiger partial charge on any atom is -0.394 e. The number of aryl methyl sites for hydroxylation is 1. The van der Waals surface area contributed by atoms with E-state index in [1.807, 2.05) is 11.0 Å². The SMILES string of the molecule is Cn1c(=O)c2c(nc(CN3CCN(c4ccccc4F)CC3)n2CC(O)CO)n(C)c1=O. The van der Waals surface area contributed by atoms with Gasteiger partial charge in [0.1, 0.15) is 11.6 Å². The quantitative estimate of drug-likeness (QED) is 0.513. The zero-order valence-corrected chi connectivity index (χ0v) is 18.1. The second-order valence-corrected chi connectivity index (χ2v) is 8.07. The lowest BCUT2D eigenvalue weighted by molar-refractivity contribution is 0.0806. The number of aromatic nitrogens is 4. The number of aliphatic hydroxyl groups excluding tert-OH is 2. The number of halogens is 1. The third kappa shape index (κ3) is 3.94. The normalized spacial score (nSPS) is 16.1. The van der Waals surface area contributed by atoms with Gasteiger partial charge >= 0.3 is 5.69 Å². The Kier molecular flexibility index (Phi) is 6.13. The molecule has 3 heterocycles. The van der Waals surface area contributed by atoms with Crippen LogP contribution in [0.4, 0.5) is 10.1 Å². The van der Waals surface area contributed by atoms with Gasteiger partial charge in [0, 0.05) is 40.3 Å². The van der Waals surface area contributed by atoms with Gasteiger partial charge in [0.25, 0.3) is 5.56 Å². The monoisotopic (exact) mass is 446 g/mol. The Morgan fingerprint density at radius 1 is 1.09 bits per heavy atom. The number of para-hydroxylation sites is 1. The van der Waals surface area contributed by atoms with E-state index in [0.29, 0.717) is 44.2 Å². The first-order chi connectivity index (χ1) is 15.3. The lowest BCUT2D eigenvalue weighted by atomic mass is 10.2. The molecule has 0 bridgehead atoms. The maximum absolute atomic E-state index is 14.1. The highest BCUT2D eigenvalue weighted by Gasteiger charge is 2.24. The van der Waals surface area contributed by atoms with E-state index in [1.165, 1.54) is 17.7 Å². The van der Waals surface area contributed by atoms with Gasteiger partial charge in [0.05, 0.1) is 31.5 Å². The largest absolute Gasteiger partial charge is 0.394 e. The molecule has 1 aromatic carbocycles. The van der Waals surface area contributed by atoms with Gasteiger partial charge in [0.15, 0.2) is 11.2 Å².